The molecule has 1 heterocycles. The molecule has 0 fully saturated rings. The van der Waals surface area contributed by atoms with Crippen LogP contribution >= 0.6 is 0 Å². The summed E-state index contributed by atoms with van der Waals surface area (Å²) in [6, 6.07) is 16.4. The van der Waals surface area contributed by atoms with E-state index in [-0.39, 0.29) is 43.4 Å². The Kier molecular flexibility index (Phi) is 7.70. The number of benzene rings is 2. The number of nitrogens with zero attached hydrogens (tertiary/aromatic N) is 4. The van der Waals surface area contributed by atoms with Crippen LogP contribution in [0.3, 0.4) is 0 Å². The smallest absolute Gasteiger partial charge is 0.227 e. The maximum absolute atomic E-state index is 13.4. The number of hydrogen-bond donors (Lipinski definition) is 1. The molecule has 0 aliphatic carbocycles. The van der Waals surface area contributed by atoms with Crippen LogP contribution in [0.25, 0.3) is 0 Å². The fourth-order valence-corrected chi connectivity index (χ4v) is 3.36. The molecule has 1 N–H and O–H groups in total. The van der Waals surface area contributed by atoms with E-state index in [0.29, 0.717) is 17.1 Å². The molecule has 0 saturated heterocycles. The van der Waals surface area contributed by atoms with Crippen molar-refractivity contribution in [1.82, 2.24) is 14.9 Å². The molecular formula is C24H24FN5O2. The number of anilines is 1. The number of carbonyl (C=O) groups is 2. The van der Waals surface area contributed by atoms with E-state index in [4.69, 9.17) is 5.26 Å². The quantitative estimate of drug-likeness (QED) is 0.559. The summed E-state index contributed by atoms with van der Waals surface area (Å²) in [4.78, 5) is 31.4. The molecule has 8 heteroatoms. The lowest BCUT2D eigenvalue weighted by Gasteiger charge is -2.22. The Morgan fingerprint density at radius 2 is 1.88 bits per heavy atom. The van der Waals surface area contributed by atoms with Crippen molar-refractivity contribution < 1.29 is 14.0 Å². The van der Waals surface area contributed by atoms with E-state index >= 15 is 0 Å². The molecule has 0 radical (unpaired) electrons. The highest BCUT2D eigenvalue weighted by molar-refractivity contribution is 5.95. The molecule has 2 amide bonds. The van der Waals surface area contributed by atoms with E-state index in [1.165, 1.54) is 17.0 Å². The Morgan fingerprint density at radius 3 is 2.50 bits per heavy atom. The number of halogens is 1. The number of para-hydroxylation sites is 1. The topological polar surface area (TPSA) is 91.0 Å². The van der Waals surface area contributed by atoms with Gasteiger partial charge in [0.2, 0.25) is 11.8 Å². The third-order valence-corrected chi connectivity index (χ3v) is 5.01. The number of rotatable bonds is 9. The van der Waals surface area contributed by atoms with Gasteiger partial charge in [-0.15, -0.1) is 0 Å². The third-order valence-electron chi connectivity index (χ3n) is 5.01. The van der Waals surface area contributed by atoms with Gasteiger partial charge in [-0.25, -0.2) is 9.37 Å². The molecule has 1 aromatic heterocycles. The highest BCUT2D eigenvalue weighted by Gasteiger charge is 2.22. The zero-order valence-corrected chi connectivity index (χ0v) is 17.7. The summed E-state index contributed by atoms with van der Waals surface area (Å²) in [5, 5.41) is 11.8. The first-order chi connectivity index (χ1) is 15.5. The number of carbonyl (C=O) groups excluding carboxylic acids is 2. The van der Waals surface area contributed by atoms with Crippen LogP contribution in [0, 0.1) is 17.1 Å². The minimum Gasteiger partial charge on any atom is -0.342 e. The summed E-state index contributed by atoms with van der Waals surface area (Å²) in [5.74, 6) is -0.347. The second-order valence-electron chi connectivity index (χ2n) is 7.24. The Labute approximate surface area is 186 Å². The van der Waals surface area contributed by atoms with Gasteiger partial charge in [-0.3, -0.25) is 9.59 Å². The van der Waals surface area contributed by atoms with Crippen molar-refractivity contribution in [2.75, 3.05) is 11.4 Å². The van der Waals surface area contributed by atoms with Crippen LogP contribution in [0.15, 0.2) is 67.0 Å². The van der Waals surface area contributed by atoms with Gasteiger partial charge in [-0.2, -0.15) is 5.26 Å². The molecular weight excluding hydrogens is 409 g/mol. The first kappa shape index (κ1) is 22.7. The number of nitrogens with one attached hydrogen (secondary N) is 1. The van der Waals surface area contributed by atoms with Gasteiger partial charge in [0.25, 0.3) is 0 Å². The summed E-state index contributed by atoms with van der Waals surface area (Å²) in [7, 11) is 1.81. The molecule has 7 nitrogen and oxygen atoms in total. The van der Waals surface area contributed by atoms with E-state index in [0.717, 1.165) is 0 Å². The first-order valence-electron chi connectivity index (χ1n) is 10.2. The summed E-state index contributed by atoms with van der Waals surface area (Å²) >= 11 is 0. The van der Waals surface area contributed by atoms with E-state index in [1.54, 1.807) is 41.2 Å². The molecule has 3 aromatic rings. The molecule has 0 aliphatic rings. The van der Waals surface area contributed by atoms with Crippen molar-refractivity contribution in [3.05, 3.63) is 84.2 Å². The SMILES string of the molecule is Cn1ccnc1C(NC(=O)CCC(=O)N(CCC#N)c1ccccc1)c1ccc(F)cc1. The lowest BCUT2D eigenvalue weighted by molar-refractivity contribution is -0.125. The Hall–Kier alpha value is -3.99. The van der Waals surface area contributed by atoms with Crippen LogP contribution in [0.5, 0.6) is 0 Å². The van der Waals surface area contributed by atoms with Gasteiger partial charge in [0.05, 0.1) is 12.5 Å². The molecule has 3 rings (SSSR count). The van der Waals surface area contributed by atoms with Crippen molar-refractivity contribution >= 4 is 17.5 Å². The van der Waals surface area contributed by atoms with Crippen LogP contribution in [0.2, 0.25) is 0 Å². The Balaban J connectivity index is 1.69. The van der Waals surface area contributed by atoms with Gasteiger partial charge in [-0.1, -0.05) is 30.3 Å². The van der Waals surface area contributed by atoms with Crippen LogP contribution in [0.1, 0.15) is 36.7 Å². The molecule has 164 valence electrons. The first-order valence-corrected chi connectivity index (χ1v) is 10.2. The van der Waals surface area contributed by atoms with E-state index in [1.807, 2.05) is 31.3 Å². The zero-order chi connectivity index (χ0) is 22.9. The lowest BCUT2D eigenvalue weighted by atomic mass is 10.1. The van der Waals surface area contributed by atoms with E-state index in [9.17, 15) is 14.0 Å². The van der Waals surface area contributed by atoms with Crippen LogP contribution in [-0.4, -0.2) is 27.9 Å². The van der Waals surface area contributed by atoms with Gasteiger partial charge >= 0.3 is 0 Å². The summed E-state index contributed by atoms with van der Waals surface area (Å²) in [6.45, 7) is 0.256. The van der Waals surface area contributed by atoms with Crippen LogP contribution < -0.4 is 10.2 Å². The molecule has 0 saturated carbocycles. The summed E-state index contributed by atoms with van der Waals surface area (Å²) in [6.07, 6.45) is 3.53. The highest BCUT2D eigenvalue weighted by atomic mass is 19.1. The lowest BCUT2D eigenvalue weighted by Crippen LogP contribution is -2.35. The molecule has 1 unspecified atom stereocenters. The molecule has 32 heavy (non-hydrogen) atoms. The summed E-state index contributed by atoms with van der Waals surface area (Å²) < 4.78 is 15.2. The van der Waals surface area contributed by atoms with Crippen molar-refractivity contribution in [1.29, 1.82) is 5.26 Å². The number of hydrogen-bond acceptors (Lipinski definition) is 4. The standard InChI is InChI=1S/C24H24FN5O2/c1-29-17-15-27-24(29)23(18-8-10-19(25)11-9-18)28-21(31)12-13-22(32)30(16-5-14-26)20-6-3-2-4-7-20/h2-4,6-11,15,17,23H,5,12-13,16H2,1H3,(H,28,31). The molecule has 0 aliphatic heterocycles. The number of amides is 2. The third kappa shape index (κ3) is 5.79. The van der Waals surface area contributed by atoms with Crippen molar-refractivity contribution in [3.8, 4) is 6.07 Å². The summed E-state index contributed by atoms with van der Waals surface area (Å²) in [5.41, 5.74) is 1.37. The normalized spacial score (nSPS) is 11.4. The monoisotopic (exact) mass is 433 g/mol. The molecule has 0 bridgehead atoms. The van der Waals surface area contributed by atoms with E-state index < -0.39 is 6.04 Å². The maximum Gasteiger partial charge on any atom is 0.227 e. The predicted molar refractivity (Wildman–Crippen MR) is 118 cm³/mol. The second kappa shape index (κ2) is 10.9. The minimum atomic E-state index is -0.581. The van der Waals surface area contributed by atoms with Crippen LogP contribution in [0.4, 0.5) is 10.1 Å². The molecule has 1 atom stereocenters. The Bertz CT molecular complexity index is 1090. The zero-order valence-electron chi connectivity index (χ0n) is 17.7. The minimum absolute atomic E-state index is 0.0111. The fraction of sp³-hybridized carbons (Fsp3) is 0.250. The van der Waals surface area contributed by atoms with Crippen molar-refractivity contribution in [2.24, 2.45) is 7.05 Å². The van der Waals surface area contributed by atoms with Crippen molar-refractivity contribution in [2.45, 2.75) is 25.3 Å². The average molecular weight is 433 g/mol. The average Bonchev–Trinajstić information content (AvgIpc) is 3.23. The van der Waals surface area contributed by atoms with E-state index in [2.05, 4.69) is 10.3 Å². The highest BCUT2D eigenvalue weighted by Crippen LogP contribution is 2.21. The van der Waals surface area contributed by atoms with Crippen LogP contribution in [-0.2, 0) is 16.6 Å². The van der Waals surface area contributed by atoms with Gasteiger partial charge < -0.3 is 14.8 Å². The largest absolute Gasteiger partial charge is 0.342 e. The maximum atomic E-state index is 13.4. The fourth-order valence-electron chi connectivity index (χ4n) is 3.36. The van der Waals surface area contributed by atoms with Gasteiger partial charge in [-0.05, 0) is 29.8 Å². The van der Waals surface area contributed by atoms with Crippen molar-refractivity contribution in [3.63, 3.8) is 0 Å². The second-order valence-corrected chi connectivity index (χ2v) is 7.24. The van der Waals surface area contributed by atoms with Gasteiger partial charge in [0.1, 0.15) is 17.7 Å². The molecule has 2 aromatic carbocycles. The Morgan fingerprint density at radius 1 is 1.16 bits per heavy atom. The number of aromatic nitrogens is 2. The van der Waals surface area contributed by atoms with Gasteiger partial charge in [0.15, 0.2) is 0 Å². The number of aryl methyl sites for hydroxylation is 1. The number of imidazole rings is 1. The molecule has 0 spiro atoms. The predicted octanol–water partition coefficient (Wildman–Crippen LogP) is 3.49. The van der Waals surface area contributed by atoms with Gasteiger partial charge in [0, 0.05) is 44.5 Å². The number of nitriles is 1.